The molecule has 2 aromatic heterocycles. The van der Waals surface area contributed by atoms with E-state index in [9.17, 15) is 4.79 Å². The highest BCUT2D eigenvalue weighted by atomic mass is 16.5. The van der Waals surface area contributed by atoms with E-state index in [0.717, 1.165) is 11.5 Å². The SMILES string of the molecule is COC(=O)C(C)NCCc1nnc2ccccn12. The summed E-state index contributed by atoms with van der Waals surface area (Å²) in [6.07, 6.45) is 2.63. The minimum Gasteiger partial charge on any atom is -0.468 e. The van der Waals surface area contributed by atoms with Gasteiger partial charge in [0, 0.05) is 19.2 Å². The van der Waals surface area contributed by atoms with Crippen LogP contribution in [0.1, 0.15) is 12.7 Å². The summed E-state index contributed by atoms with van der Waals surface area (Å²) in [5, 5.41) is 11.3. The fourth-order valence-electron chi connectivity index (χ4n) is 1.72. The van der Waals surface area contributed by atoms with Crippen molar-refractivity contribution in [1.82, 2.24) is 19.9 Å². The van der Waals surface area contributed by atoms with E-state index in [-0.39, 0.29) is 12.0 Å². The van der Waals surface area contributed by atoms with Gasteiger partial charge in [0.1, 0.15) is 11.9 Å². The summed E-state index contributed by atoms with van der Waals surface area (Å²) in [7, 11) is 1.38. The molecule has 1 atom stereocenters. The zero-order chi connectivity index (χ0) is 13.0. The van der Waals surface area contributed by atoms with Gasteiger partial charge in [-0.15, -0.1) is 10.2 Å². The molecular formula is C12H16N4O2. The van der Waals surface area contributed by atoms with Crippen molar-refractivity contribution in [1.29, 1.82) is 0 Å². The first-order chi connectivity index (χ1) is 8.72. The van der Waals surface area contributed by atoms with Gasteiger partial charge in [-0.05, 0) is 19.1 Å². The van der Waals surface area contributed by atoms with Crippen molar-refractivity contribution in [3.8, 4) is 0 Å². The first kappa shape index (κ1) is 12.5. The number of methoxy groups -OCH3 is 1. The van der Waals surface area contributed by atoms with E-state index in [1.807, 2.05) is 28.8 Å². The molecule has 0 aliphatic rings. The zero-order valence-electron chi connectivity index (χ0n) is 10.5. The molecule has 2 heterocycles. The third-order valence-electron chi connectivity index (χ3n) is 2.74. The Morgan fingerprint density at radius 2 is 2.33 bits per heavy atom. The maximum absolute atomic E-state index is 11.2. The van der Waals surface area contributed by atoms with Crippen LogP contribution in [-0.4, -0.2) is 40.3 Å². The van der Waals surface area contributed by atoms with Gasteiger partial charge in [-0.2, -0.15) is 0 Å². The number of hydrogen-bond acceptors (Lipinski definition) is 5. The number of hydrogen-bond donors (Lipinski definition) is 1. The van der Waals surface area contributed by atoms with Crippen LogP contribution in [-0.2, 0) is 16.0 Å². The molecule has 1 N–H and O–H groups in total. The van der Waals surface area contributed by atoms with Crippen molar-refractivity contribution < 1.29 is 9.53 Å². The minimum absolute atomic E-state index is 0.263. The van der Waals surface area contributed by atoms with Crippen molar-refractivity contribution in [3.05, 3.63) is 30.2 Å². The van der Waals surface area contributed by atoms with Gasteiger partial charge in [0.15, 0.2) is 5.65 Å². The van der Waals surface area contributed by atoms with Gasteiger partial charge in [-0.1, -0.05) is 6.07 Å². The summed E-state index contributed by atoms with van der Waals surface area (Å²) in [4.78, 5) is 11.2. The lowest BCUT2D eigenvalue weighted by Gasteiger charge is -2.10. The van der Waals surface area contributed by atoms with Crippen molar-refractivity contribution in [2.45, 2.75) is 19.4 Å². The Kier molecular flexibility index (Phi) is 3.88. The summed E-state index contributed by atoms with van der Waals surface area (Å²) in [6.45, 7) is 2.42. The number of ether oxygens (including phenoxy) is 1. The Morgan fingerprint density at radius 1 is 1.50 bits per heavy atom. The topological polar surface area (TPSA) is 68.5 Å². The van der Waals surface area contributed by atoms with E-state index >= 15 is 0 Å². The van der Waals surface area contributed by atoms with Gasteiger partial charge in [0.2, 0.25) is 0 Å². The average Bonchev–Trinajstić information content (AvgIpc) is 2.81. The molecule has 2 rings (SSSR count). The Bertz CT molecular complexity index is 538. The fraction of sp³-hybridized carbons (Fsp3) is 0.417. The Balaban J connectivity index is 1.93. The smallest absolute Gasteiger partial charge is 0.322 e. The lowest BCUT2D eigenvalue weighted by Crippen LogP contribution is -2.36. The number of fused-ring (bicyclic) bond motifs is 1. The summed E-state index contributed by atoms with van der Waals surface area (Å²) >= 11 is 0. The van der Waals surface area contributed by atoms with Crippen LogP contribution in [0.25, 0.3) is 5.65 Å². The molecule has 0 aromatic carbocycles. The fourth-order valence-corrected chi connectivity index (χ4v) is 1.72. The van der Waals surface area contributed by atoms with Crippen LogP contribution in [0.4, 0.5) is 0 Å². The van der Waals surface area contributed by atoms with Crippen LogP contribution >= 0.6 is 0 Å². The lowest BCUT2D eigenvalue weighted by atomic mass is 10.3. The summed E-state index contributed by atoms with van der Waals surface area (Å²) < 4.78 is 6.57. The van der Waals surface area contributed by atoms with Crippen LogP contribution in [0.15, 0.2) is 24.4 Å². The normalized spacial score (nSPS) is 12.6. The number of nitrogens with one attached hydrogen (secondary N) is 1. The van der Waals surface area contributed by atoms with Gasteiger partial charge in [-0.25, -0.2) is 0 Å². The molecule has 1 unspecified atom stereocenters. The molecule has 6 nitrogen and oxygen atoms in total. The van der Waals surface area contributed by atoms with Crippen molar-refractivity contribution >= 4 is 11.6 Å². The highest BCUT2D eigenvalue weighted by molar-refractivity contribution is 5.75. The molecule has 0 aliphatic heterocycles. The van der Waals surface area contributed by atoms with Gasteiger partial charge < -0.3 is 10.1 Å². The second kappa shape index (κ2) is 5.59. The zero-order valence-corrected chi connectivity index (χ0v) is 10.5. The predicted molar refractivity (Wildman–Crippen MR) is 66.2 cm³/mol. The molecule has 0 radical (unpaired) electrons. The molecule has 18 heavy (non-hydrogen) atoms. The first-order valence-corrected chi connectivity index (χ1v) is 5.82. The Labute approximate surface area is 105 Å². The van der Waals surface area contributed by atoms with E-state index < -0.39 is 0 Å². The summed E-state index contributed by atoms with van der Waals surface area (Å²) in [5.41, 5.74) is 0.827. The third kappa shape index (κ3) is 2.65. The van der Waals surface area contributed by atoms with E-state index in [0.29, 0.717) is 13.0 Å². The third-order valence-corrected chi connectivity index (χ3v) is 2.74. The largest absolute Gasteiger partial charge is 0.468 e. The predicted octanol–water partition coefficient (Wildman–Crippen LogP) is 0.423. The highest BCUT2D eigenvalue weighted by Gasteiger charge is 2.12. The molecule has 0 saturated heterocycles. The van der Waals surface area contributed by atoms with Crippen LogP contribution in [0.3, 0.4) is 0 Å². The van der Waals surface area contributed by atoms with Crippen LogP contribution in [0, 0.1) is 0 Å². The maximum atomic E-state index is 11.2. The van der Waals surface area contributed by atoms with Crippen LogP contribution < -0.4 is 5.32 Å². The number of aromatic nitrogens is 3. The lowest BCUT2D eigenvalue weighted by molar-refractivity contribution is -0.142. The van der Waals surface area contributed by atoms with Crippen molar-refractivity contribution in [2.75, 3.05) is 13.7 Å². The molecule has 0 amide bonds. The van der Waals surface area contributed by atoms with Crippen molar-refractivity contribution in [2.24, 2.45) is 0 Å². The number of pyridine rings is 1. The summed E-state index contributed by atoms with van der Waals surface area (Å²) in [5.74, 6) is 0.608. The van der Waals surface area contributed by atoms with E-state index in [2.05, 4.69) is 20.3 Å². The Morgan fingerprint density at radius 3 is 3.11 bits per heavy atom. The van der Waals surface area contributed by atoms with Crippen LogP contribution in [0.5, 0.6) is 0 Å². The van der Waals surface area contributed by atoms with Gasteiger partial charge in [0.25, 0.3) is 0 Å². The number of esters is 1. The van der Waals surface area contributed by atoms with E-state index in [1.54, 1.807) is 6.92 Å². The molecule has 96 valence electrons. The standard InChI is InChI=1S/C12H16N4O2/c1-9(12(17)18-2)13-7-6-11-15-14-10-5-3-4-8-16(10)11/h3-5,8-9,13H,6-7H2,1-2H3. The maximum Gasteiger partial charge on any atom is 0.322 e. The molecule has 2 aromatic rings. The highest BCUT2D eigenvalue weighted by Crippen LogP contribution is 2.02. The second-order valence-corrected chi connectivity index (χ2v) is 3.99. The number of nitrogens with zero attached hydrogens (tertiary/aromatic N) is 3. The van der Waals surface area contributed by atoms with Gasteiger partial charge in [0.05, 0.1) is 7.11 Å². The van der Waals surface area contributed by atoms with Crippen molar-refractivity contribution in [3.63, 3.8) is 0 Å². The van der Waals surface area contributed by atoms with Gasteiger partial charge in [-0.3, -0.25) is 9.20 Å². The van der Waals surface area contributed by atoms with E-state index in [1.165, 1.54) is 7.11 Å². The molecule has 6 heteroatoms. The average molecular weight is 248 g/mol. The minimum atomic E-state index is -0.311. The molecule has 0 fully saturated rings. The number of carbonyl (C=O) groups is 1. The number of rotatable bonds is 5. The molecule has 0 aliphatic carbocycles. The molecule has 0 saturated carbocycles. The first-order valence-electron chi connectivity index (χ1n) is 5.82. The molecule has 0 spiro atoms. The van der Waals surface area contributed by atoms with E-state index in [4.69, 9.17) is 0 Å². The summed E-state index contributed by atoms with van der Waals surface area (Å²) in [6, 6.07) is 5.45. The Hall–Kier alpha value is -1.95. The molecular weight excluding hydrogens is 232 g/mol. The van der Waals surface area contributed by atoms with Crippen LogP contribution in [0.2, 0.25) is 0 Å². The quantitative estimate of drug-likeness (QED) is 0.777. The second-order valence-electron chi connectivity index (χ2n) is 3.99. The molecule has 0 bridgehead atoms. The van der Waals surface area contributed by atoms with Gasteiger partial charge >= 0.3 is 5.97 Å². The number of carbonyl (C=O) groups excluding carboxylic acids is 1. The monoisotopic (exact) mass is 248 g/mol.